The summed E-state index contributed by atoms with van der Waals surface area (Å²) >= 11 is 0. The standard InChI is InChI=1S/C11H14O4/c1-13-8-2-4-9(5-3-8)14-7-11-10(6-12)15-11/h2-5,10-12H,6-7H2,1H3/t10-,11-/m0/s1. The van der Waals surface area contributed by atoms with Crippen molar-refractivity contribution in [1.82, 2.24) is 0 Å². The van der Waals surface area contributed by atoms with Gasteiger partial charge >= 0.3 is 0 Å². The number of methoxy groups -OCH3 is 1. The summed E-state index contributed by atoms with van der Waals surface area (Å²) in [6.07, 6.45) is 0.000324. The van der Waals surface area contributed by atoms with Gasteiger partial charge in [-0.05, 0) is 24.3 Å². The molecule has 0 bridgehead atoms. The van der Waals surface area contributed by atoms with E-state index < -0.39 is 0 Å². The van der Waals surface area contributed by atoms with Crippen molar-refractivity contribution in [1.29, 1.82) is 0 Å². The van der Waals surface area contributed by atoms with E-state index in [2.05, 4.69) is 0 Å². The lowest BCUT2D eigenvalue weighted by Gasteiger charge is -2.04. The van der Waals surface area contributed by atoms with E-state index in [1.807, 2.05) is 24.3 Å². The summed E-state index contributed by atoms with van der Waals surface area (Å²) in [5.41, 5.74) is 0. The van der Waals surface area contributed by atoms with E-state index in [-0.39, 0.29) is 18.8 Å². The first-order valence-electron chi connectivity index (χ1n) is 4.86. The molecule has 0 radical (unpaired) electrons. The first-order chi connectivity index (χ1) is 7.33. The number of aliphatic hydroxyl groups is 1. The molecule has 4 nitrogen and oxygen atoms in total. The highest BCUT2D eigenvalue weighted by Crippen LogP contribution is 2.23. The highest BCUT2D eigenvalue weighted by molar-refractivity contribution is 5.31. The molecular formula is C11H14O4. The zero-order valence-corrected chi connectivity index (χ0v) is 8.55. The SMILES string of the molecule is COc1ccc(OC[C@@H]2O[C@H]2CO)cc1. The number of benzene rings is 1. The van der Waals surface area contributed by atoms with Gasteiger partial charge in [0.05, 0.1) is 13.7 Å². The highest BCUT2D eigenvalue weighted by atomic mass is 16.6. The second-order valence-corrected chi connectivity index (χ2v) is 3.38. The van der Waals surface area contributed by atoms with E-state index >= 15 is 0 Å². The van der Waals surface area contributed by atoms with Crippen LogP contribution in [0.15, 0.2) is 24.3 Å². The molecule has 1 N–H and O–H groups in total. The lowest BCUT2D eigenvalue weighted by molar-refractivity contribution is 0.233. The Kier molecular flexibility index (Phi) is 3.08. The van der Waals surface area contributed by atoms with Crippen molar-refractivity contribution in [3.05, 3.63) is 24.3 Å². The van der Waals surface area contributed by atoms with E-state index in [0.717, 1.165) is 11.5 Å². The maximum absolute atomic E-state index is 8.74. The van der Waals surface area contributed by atoms with E-state index in [4.69, 9.17) is 19.3 Å². The van der Waals surface area contributed by atoms with Crippen LogP contribution in [0, 0.1) is 0 Å². The van der Waals surface area contributed by atoms with Crippen molar-refractivity contribution >= 4 is 0 Å². The third kappa shape index (κ3) is 2.61. The third-order valence-electron chi connectivity index (χ3n) is 2.34. The predicted molar refractivity (Wildman–Crippen MR) is 54.2 cm³/mol. The second kappa shape index (κ2) is 4.51. The lowest BCUT2D eigenvalue weighted by atomic mass is 10.3. The average Bonchev–Trinajstić information content (AvgIpc) is 3.06. The summed E-state index contributed by atoms with van der Waals surface area (Å²) in [5, 5.41) is 8.74. The monoisotopic (exact) mass is 210 g/mol. The van der Waals surface area contributed by atoms with E-state index in [1.165, 1.54) is 0 Å². The van der Waals surface area contributed by atoms with E-state index in [9.17, 15) is 0 Å². The van der Waals surface area contributed by atoms with Gasteiger partial charge in [-0.15, -0.1) is 0 Å². The van der Waals surface area contributed by atoms with Crippen molar-refractivity contribution in [2.45, 2.75) is 12.2 Å². The Hall–Kier alpha value is -1.26. The van der Waals surface area contributed by atoms with Crippen LogP contribution in [0.5, 0.6) is 11.5 Å². The summed E-state index contributed by atoms with van der Waals surface area (Å²) in [7, 11) is 1.62. The van der Waals surface area contributed by atoms with Gasteiger partial charge in [-0.2, -0.15) is 0 Å². The van der Waals surface area contributed by atoms with E-state index in [1.54, 1.807) is 7.11 Å². The normalized spacial score (nSPS) is 23.6. The van der Waals surface area contributed by atoms with Crippen LogP contribution in [-0.2, 0) is 4.74 Å². The molecule has 0 amide bonds. The van der Waals surface area contributed by atoms with Gasteiger partial charge in [-0.3, -0.25) is 0 Å². The lowest BCUT2D eigenvalue weighted by Crippen LogP contribution is -2.09. The zero-order valence-electron chi connectivity index (χ0n) is 8.55. The molecule has 2 rings (SSSR count). The van der Waals surface area contributed by atoms with Gasteiger partial charge in [0.15, 0.2) is 0 Å². The summed E-state index contributed by atoms with van der Waals surface area (Å²) in [6.45, 7) is 0.550. The first-order valence-corrected chi connectivity index (χ1v) is 4.86. The van der Waals surface area contributed by atoms with Gasteiger partial charge < -0.3 is 19.3 Å². The Balaban J connectivity index is 1.79. The molecule has 0 aliphatic carbocycles. The van der Waals surface area contributed by atoms with Crippen molar-refractivity contribution < 1.29 is 19.3 Å². The summed E-state index contributed by atoms with van der Waals surface area (Å²) in [6, 6.07) is 7.36. The fraction of sp³-hybridized carbons (Fsp3) is 0.455. The van der Waals surface area contributed by atoms with Crippen LogP contribution in [0.3, 0.4) is 0 Å². The number of ether oxygens (including phenoxy) is 3. The molecule has 1 heterocycles. The van der Waals surface area contributed by atoms with Gasteiger partial charge in [-0.25, -0.2) is 0 Å². The molecule has 1 saturated heterocycles. The maximum Gasteiger partial charge on any atom is 0.120 e. The Morgan fingerprint density at radius 1 is 1.20 bits per heavy atom. The van der Waals surface area contributed by atoms with Crippen molar-refractivity contribution in [2.75, 3.05) is 20.3 Å². The molecule has 1 fully saturated rings. The van der Waals surface area contributed by atoms with Crippen LogP contribution in [0.2, 0.25) is 0 Å². The van der Waals surface area contributed by atoms with Crippen LogP contribution in [-0.4, -0.2) is 37.6 Å². The molecule has 2 atom stereocenters. The van der Waals surface area contributed by atoms with Crippen LogP contribution in [0.4, 0.5) is 0 Å². The molecule has 15 heavy (non-hydrogen) atoms. The summed E-state index contributed by atoms with van der Waals surface area (Å²) in [5.74, 6) is 1.58. The molecule has 0 unspecified atom stereocenters. The minimum absolute atomic E-state index is 0.0387. The number of hydrogen-bond acceptors (Lipinski definition) is 4. The fourth-order valence-electron chi connectivity index (χ4n) is 1.34. The topological polar surface area (TPSA) is 51.2 Å². The molecular weight excluding hydrogens is 196 g/mol. The third-order valence-corrected chi connectivity index (χ3v) is 2.34. The first kappa shape index (κ1) is 10.3. The maximum atomic E-state index is 8.74. The van der Waals surface area contributed by atoms with Gasteiger partial charge in [0.25, 0.3) is 0 Å². The van der Waals surface area contributed by atoms with Crippen LogP contribution < -0.4 is 9.47 Å². The highest BCUT2D eigenvalue weighted by Gasteiger charge is 2.38. The predicted octanol–water partition coefficient (Wildman–Crippen LogP) is 0.834. The Morgan fingerprint density at radius 3 is 2.40 bits per heavy atom. The van der Waals surface area contributed by atoms with Crippen LogP contribution >= 0.6 is 0 Å². The van der Waals surface area contributed by atoms with Crippen LogP contribution in [0.25, 0.3) is 0 Å². The Bertz CT molecular complexity index is 309. The second-order valence-electron chi connectivity index (χ2n) is 3.38. The molecule has 82 valence electrons. The van der Waals surface area contributed by atoms with Crippen molar-refractivity contribution in [3.8, 4) is 11.5 Å². The largest absolute Gasteiger partial charge is 0.497 e. The molecule has 0 aromatic heterocycles. The van der Waals surface area contributed by atoms with Gasteiger partial charge in [0.1, 0.15) is 30.3 Å². The fourth-order valence-corrected chi connectivity index (χ4v) is 1.34. The number of aliphatic hydroxyl groups excluding tert-OH is 1. The average molecular weight is 210 g/mol. The molecule has 1 aromatic rings. The van der Waals surface area contributed by atoms with Crippen molar-refractivity contribution in [3.63, 3.8) is 0 Å². The Morgan fingerprint density at radius 2 is 1.87 bits per heavy atom. The van der Waals surface area contributed by atoms with E-state index in [0.29, 0.717) is 6.61 Å². The molecule has 1 aromatic carbocycles. The molecule has 0 spiro atoms. The quantitative estimate of drug-likeness (QED) is 0.731. The van der Waals surface area contributed by atoms with Crippen LogP contribution in [0.1, 0.15) is 0 Å². The number of rotatable bonds is 5. The minimum Gasteiger partial charge on any atom is -0.497 e. The van der Waals surface area contributed by atoms with Crippen molar-refractivity contribution in [2.24, 2.45) is 0 Å². The van der Waals surface area contributed by atoms with Gasteiger partial charge in [-0.1, -0.05) is 0 Å². The van der Waals surface area contributed by atoms with Gasteiger partial charge in [0.2, 0.25) is 0 Å². The molecule has 0 saturated carbocycles. The van der Waals surface area contributed by atoms with Gasteiger partial charge in [0, 0.05) is 0 Å². The molecule has 1 aliphatic rings. The molecule has 4 heteroatoms. The Labute approximate surface area is 88.4 Å². The summed E-state index contributed by atoms with van der Waals surface area (Å²) in [4.78, 5) is 0. The summed E-state index contributed by atoms with van der Waals surface area (Å²) < 4.78 is 15.6. The number of hydrogen-bond donors (Lipinski definition) is 1. The smallest absolute Gasteiger partial charge is 0.120 e. The molecule has 1 aliphatic heterocycles. The minimum atomic E-state index is -0.0387. The zero-order chi connectivity index (χ0) is 10.7. The number of epoxide rings is 1.